The van der Waals surface area contributed by atoms with Crippen molar-refractivity contribution in [3.8, 4) is 0 Å². The van der Waals surface area contributed by atoms with E-state index in [1.807, 2.05) is 49.4 Å². The van der Waals surface area contributed by atoms with Gasteiger partial charge >= 0.3 is 0 Å². The van der Waals surface area contributed by atoms with Crippen LogP contribution in [0.1, 0.15) is 6.92 Å². The molecule has 0 spiro atoms. The Labute approximate surface area is 144 Å². The zero-order valence-corrected chi connectivity index (χ0v) is 15.0. The molecule has 0 unspecified atom stereocenters. The summed E-state index contributed by atoms with van der Waals surface area (Å²) < 4.78 is 28.4. The van der Waals surface area contributed by atoms with Crippen molar-refractivity contribution in [2.24, 2.45) is 0 Å². The summed E-state index contributed by atoms with van der Waals surface area (Å²) in [5, 5.41) is 1.94. The molecule has 0 amide bonds. The number of fused-ring (bicyclic) bond motifs is 1. The zero-order valence-electron chi connectivity index (χ0n) is 12.6. The Morgan fingerprint density at radius 2 is 1.57 bits per heavy atom. The molecule has 118 valence electrons. The fourth-order valence-corrected chi connectivity index (χ4v) is 4.33. The molecule has 3 aromatic carbocycles. The summed E-state index contributed by atoms with van der Waals surface area (Å²) in [4.78, 5) is 0.306. The molecular formula is C18H16BrNO2S. The maximum Gasteiger partial charge on any atom is 0.264 e. The van der Waals surface area contributed by atoms with Crippen molar-refractivity contribution in [3.63, 3.8) is 0 Å². The van der Waals surface area contributed by atoms with Crippen molar-refractivity contribution >= 4 is 42.4 Å². The lowest BCUT2D eigenvalue weighted by Crippen LogP contribution is -2.30. The zero-order chi connectivity index (χ0) is 16.4. The van der Waals surface area contributed by atoms with Crippen LogP contribution in [0.3, 0.4) is 0 Å². The average Bonchev–Trinajstić information content (AvgIpc) is 2.56. The maximum atomic E-state index is 13.0. The fourth-order valence-electron chi connectivity index (χ4n) is 2.55. The highest BCUT2D eigenvalue weighted by Gasteiger charge is 2.23. The Bertz CT molecular complexity index is 937. The molecule has 0 saturated heterocycles. The van der Waals surface area contributed by atoms with E-state index in [2.05, 4.69) is 15.9 Å². The fraction of sp³-hybridized carbons (Fsp3) is 0.111. The van der Waals surface area contributed by atoms with Gasteiger partial charge in [-0.2, -0.15) is 0 Å². The van der Waals surface area contributed by atoms with Crippen LogP contribution in [-0.4, -0.2) is 15.0 Å². The van der Waals surface area contributed by atoms with Crippen LogP contribution in [0.4, 0.5) is 5.69 Å². The van der Waals surface area contributed by atoms with E-state index in [9.17, 15) is 8.42 Å². The van der Waals surface area contributed by atoms with Gasteiger partial charge in [0.1, 0.15) is 0 Å². The topological polar surface area (TPSA) is 37.4 Å². The third-order valence-corrected chi connectivity index (χ3v) is 6.14. The van der Waals surface area contributed by atoms with Gasteiger partial charge in [-0.3, -0.25) is 4.31 Å². The first-order valence-electron chi connectivity index (χ1n) is 7.29. The van der Waals surface area contributed by atoms with Crippen LogP contribution in [0.2, 0.25) is 0 Å². The SMILES string of the molecule is CCN(c1ccc(Br)cc1)S(=O)(=O)c1ccc2ccccc2c1. The Morgan fingerprint density at radius 3 is 2.22 bits per heavy atom. The van der Waals surface area contributed by atoms with E-state index < -0.39 is 10.0 Å². The molecule has 3 aromatic rings. The number of hydrogen-bond donors (Lipinski definition) is 0. The van der Waals surface area contributed by atoms with E-state index >= 15 is 0 Å². The molecule has 0 atom stereocenters. The molecule has 0 heterocycles. The van der Waals surface area contributed by atoms with Crippen molar-refractivity contribution in [3.05, 3.63) is 71.2 Å². The van der Waals surface area contributed by atoms with Gasteiger partial charge in [-0.1, -0.05) is 46.3 Å². The summed E-state index contributed by atoms with van der Waals surface area (Å²) in [6.45, 7) is 2.21. The van der Waals surface area contributed by atoms with Gasteiger partial charge in [0, 0.05) is 11.0 Å². The standard InChI is InChI=1S/C18H16BrNO2S/c1-2-20(17-10-8-16(19)9-11-17)23(21,22)18-12-7-14-5-3-4-6-15(14)13-18/h3-13H,2H2,1H3. The Balaban J connectivity index is 2.08. The van der Waals surface area contributed by atoms with E-state index in [4.69, 9.17) is 0 Å². The largest absolute Gasteiger partial charge is 0.267 e. The minimum Gasteiger partial charge on any atom is -0.267 e. The van der Waals surface area contributed by atoms with Crippen molar-refractivity contribution in [2.75, 3.05) is 10.8 Å². The third kappa shape index (κ3) is 3.12. The Kier molecular flexibility index (Phi) is 4.41. The molecule has 23 heavy (non-hydrogen) atoms. The Morgan fingerprint density at radius 1 is 0.913 bits per heavy atom. The number of nitrogens with zero attached hydrogens (tertiary/aromatic N) is 1. The first-order chi connectivity index (χ1) is 11.0. The molecular weight excluding hydrogens is 374 g/mol. The second-order valence-corrected chi connectivity index (χ2v) is 7.93. The van der Waals surface area contributed by atoms with E-state index in [1.54, 1.807) is 24.3 Å². The van der Waals surface area contributed by atoms with E-state index in [-0.39, 0.29) is 0 Å². The molecule has 0 bridgehead atoms. The van der Waals surface area contributed by atoms with Crippen molar-refractivity contribution in [1.82, 2.24) is 0 Å². The summed E-state index contributed by atoms with van der Waals surface area (Å²) >= 11 is 3.37. The molecule has 0 radical (unpaired) electrons. The smallest absolute Gasteiger partial charge is 0.264 e. The van der Waals surface area contributed by atoms with Gasteiger partial charge in [0.25, 0.3) is 10.0 Å². The lowest BCUT2D eigenvalue weighted by molar-refractivity contribution is 0.592. The van der Waals surface area contributed by atoms with Crippen molar-refractivity contribution in [2.45, 2.75) is 11.8 Å². The van der Waals surface area contributed by atoms with Crippen molar-refractivity contribution < 1.29 is 8.42 Å². The van der Waals surface area contributed by atoms with Gasteiger partial charge in [-0.05, 0) is 54.1 Å². The van der Waals surface area contributed by atoms with Crippen LogP contribution in [0, 0.1) is 0 Å². The number of benzene rings is 3. The minimum absolute atomic E-state index is 0.306. The number of sulfonamides is 1. The summed E-state index contributed by atoms with van der Waals surface area (Å²) in [6.07, 6.45) is 0. The van der Waals surface area contributed by atoms with Crippen LogP contribution in [-0.2, 0) is 10.0 Å². The van der Waals surface area contributed by atoms with Gasteiger partial charge in [0.2, 0.25) is 0 Å². The van der Waals surface area contributed by atoms with Crippen LogP contribution in [0.25, 0.3) is 10.8 Å². The molecule has 3 rings (SSSR count). The highest BCUT2D eigenvalue weighted by atomic mass is 79.9. The first kappa shape index (κ1) is 16.0. The van der Waals surface area contributed by atoms with Gasteiger partial charge in [-0.25, -0.2) is 8.42 Å². The van der Waals surface area contributed by atoms with E-state index in [1.165, 1.54) is 4.31 Å². The highest BCUT2D eigenvalue weighted by molar-refractivity contribution is 9.10. The third-order valence-electron chi connectivity index (χ3n) is 3.71. The molecule has 0 saturated carbocycles. The molecule has 0 aromatic heterocycles. The number of rotatable bonds is 4. The monoisotopic (exact) mass is 389 g/mol. The van der Waals surface area contributed by atoms with Gasteiger partial charge in [0.05, 0.1) is 10.6 Å². The quantitative estimate of drug-likeness (QED) is 0.641. The molecule has 0 aliphatic rings. The molecule has 0 fully saturated rings. The van der Waals surface area contributed by atoms with Gasteiger partial charge < -0.3 is 0 Å². The second kappa shape index (κ2) is 6.34. The molecule has 0 aliphatic heterocycles. The van der Waals surface area contributed by atoms with Crippen LogP contribution >= 0.6 is 15.9 Å². The number of hydrogen-bond acceptors (Lipinski definition) is 2. The van der Waals surface area contributed by atoms with Gasteiger partial charge in [0.15, 0.2) is 0 Å². The van der Waals surface area contributed by atoms with Crippen LogP contribution in [0.15, 0.2) is 76.1 Å². The molecule has 5 heteroatoms. The van der Waals surface area contributed by atoms with Crippen molar-refractivity contribution in [1.29, 1.82) is 0 Å². The molecule has 0 N–H and O–H groups in total. The average molecular weight is 390 g/mol. The summed E-state index contributed by atoms with van der Waals surface area (Å²) in [5.41, 5.74) is 0.656. The summed E-state index contributed by atoms with van der Waals surface area (Å²) in [7, 11) is -3.59. The normalized spacial score (nSPS) is 11.6. The van der Waals surface area contributed by atoms with Crippen LogP contribution in [0.5, 0.6) is 0 Å². The Hall–Kier alpha value is -1.85. The first-order valence-corrected chi connectivity index (χ1v) is 9.53. The molecule has 0 aliphatic carbocycles. The maximum absolute atomic E-state index is 13.0. The predicted molar refractivity (Wildman–Crippen MR) is 98.3 cm³/mol. The highest BCUT2D eigenvalue weighted by Crippen LogP contribution is 2.27. The van der Waals surface area contributed by atoms with Gasteiger partial charge in [-0.15, -0.1) is 0 Å². The summed E-state index contributed by atoms with van der Waals surface area (Å²) in [5.74, 6) is 0. The number of halogens is 1. The summed E-state index contributed by atoms with van der Waals surface area (Å²) in [6, 6.07) is 20.3. The lowest BCUT2D eigenvalue weighted by atomic mass is 10.1. The number of anilines is 1. The minimum atomic E-state index is -3.59. The predicted octanol–water partition coefficient (Wildman–Crippen LogP) is 4.82. The van der Waals surface area contributed by atoms with Crippen LogP contribution < -0.4 is 4.31 Å². The van der Waals surface area contributed by atoms with E-state index in [0.29, 0.717) is 17.1 Å². The molecule has 3 nitrogen and oxygen atoms in total. The second-order valence-electron chi connectivity index (χ2n) is 5.16. The lowest BCUT2D eigenvalue weighted by Gasteiger charge is -2.23. The van der Waals surface area contributed by atoms with E-state index in [0.717, 1.165) is 15.2 Å².